The smallest absolute Gasteiger partial charge is 0.0890 e. The van der Waals surface area contributed by atoms with Gasteiger partial charge >= 0.3 is 0 Å². The monoisotopic (exact) mass is 296 g/mol. The number of allylic oxidation sites excluding steroid dienone is 3. The molecule has 22 heavy (non-hydrogen) atoms. The molecule has 118 valence electrons. The van der Waals surface area contributed by atoms with E-state index in [9.17, 15) is 0 Å². The number of hydrogen-bond acceptors (Lipinski definition) is 1. The lowest BCUT2D eigenvalue weighted by atomic mass is 9.67. The number of hydrogen-bond donors (Lipinski definition) is 0. The maximum absolute atomic E-state index is 6.30. The third kappa shape index (κ3) is 3.35. The molecule has 1 heterocycles. The van der Waals surface area contributed by atoms with Crippen LogP contribution in [0.1, 0.15) is 51.7 Å². The second-order valence-electron chi connectivity index (χ2n) is 7.24. The van der Waals surface area contributed by atoms with Crippen molar-refractivity contribution in [1.82, 2.24) is 0 Å². The fourth-order valence-electron chi connectivity index (χ4n) is 3.95. The van der Waals surface area contributed by atoms with Crippen LogP contribution in [0.4, 0.5) is 0 Å². The van der Waals surface area contributed by atoms with E-state index >= 15 is 0 Å². The number of rotatable bonds is 3. The molecule has 1 nitrogen and oxygen atoms in total. The maximum Gasteiger partial charge on any atom is 0.0890 e. The highest BCUT2D eigenvalue weighted by atomic mass is 16.5. The van der Waals surface area contributed by atoms with Crippen molar-refractivity contribution in [3.05, 3.63) is 59.2 Å². The first-order valence-electron chi connectivity index (χ1n) is 8.64. The van der Waals surface area contributed by atoms with E-state index < -0.39 is 0 Å². The summed E-state index contributed by atoms with van der Waals surface area (Å²) < 4.78 is 6.30. The van der Waals surface area contributed by atoms with Gasteiger partial charge in [-0.2, -0.15) is 0 Å². The summed E-state index contributed by atoms with van der Waals surface area (Å²) in [5.74, 6) is 2.07. The van der Waals surface area contributed by atoms with Crippen LogP contribution in [0, 0.1) is 17.8 Å². The highest BCUT2D eigenvalue weighted by Gasteiger charge is 2.40. The van der Waals surface area contributed by atoms with Crippen LogP contribution in [0.3, 0.4) is 0 Å². The van der Waals surface area contributed by atoms with Gasteiger partial charge in [-0.3, -0.25) is 0 Å². The lowest BCUT2D eigenvalue weighted by Gasteiger charge is -2.45. The Labute approximate surface area is 135 Å². The molecule has 2 aliphatic rings. The minimum atomic E-state index is 0.253. The first-order valence-corrected chi connectivity index (χ1v) is 8.64. The Hall–Kier alpha value is -1.34. The molecule has 2 fully saturated rings. The summed E-state index contributed by atoms with van der Waals surface area (Å²) >= 11 is 0. The fraction of sp³-hybridized carbons (Fsp3) is 0.524. The number of benzene rings is 1. The van der Waals surface area contributed by atoms with Crippen molar-refractivity contribution in [1.29, 1.82) is 0 Å². The average Bonchev–Trinajstić information content (AvgIpc) is 2.53. The summed E-state index contributed by atoms with van der Waals surface area (Å²) in [4.78, 5) is 0. The summed E-state index contributed by atoms with van der Waals surface area (Å²) in [6.07, 6.45) is 8.65. The van der Waals surface area contributed by atoms with Crippen molar-refractivity contribution in [2.24, 2.45) is 17.8 Å². The van der Waals surface area contributed by atoms with E-state index in [1.807, 2.05) is 0 Å². The van der Waals surface area contributed by atoms with Gasteiger partial charge in [0, 0.05) is 5.92 Å². The van der Waals surface area contributed by atoms with Gasteiger partial charge in [0.15, 0.2) is 0 Å². The summed E-state index contributed by atoms with van der Waals surface area (Å²) in [5, 5.41) is 0. The zero-order chi connectivity index (χ0) is 15.5. The van der Waals surface area contributed by atoms with E-state index in [-0.39, 0.29) is 6.10 Å². The van der Waals surface area contributed by atoms with Gasteiger partial charge < -0.3 is 4.74 Å². The van der Waals surface area contributed by atoms with Gasteiger partial charge in [0.05, 0.1) is 12.7 Å². The minimum absolute atomic E-state index is 0.253. The van der Waals surface area contributed by atoms with Gasteiger partial charge in [0.25, 0.3) is 0 Å². The van der Waals surface area contributed by atoms with Gasteiger partial charge in [0.2, 0.25) is 0 Å². The normalized spacial score (nSPS) is 32.8. The van der Waals surface area contributed by atoms with Crippen LogP contribution in [0.2, 0.25) is 0 Å². The Bertz CT molecular complexity index is 551. The van der Waals surface area contributed by atoms with Crippen LogP contribution in [0.15, 0.2) is 53.6 Å². The molecule has 1 aliphatic heterocycles. The highest BCUT2D eigenvalue weighted by Crippen LogP contribution is 2.48. The molecule has 1 aliphatic carbocycles. The Kier molecular flexibility index (Phi) is 4.83. The molecular weight excluding hydrogens is 268 g/mol. The van der Waals surface area contributed by atoms with Gasteiger partial charge in [0.1, 0.15) is 0 Å². The molecule has 1 aromatic rings. The lowest BCUT2D eigenvalue weighted by Crippen LogP contribution is -2.38. The zero-order valence-corrected chi connectivity index (χ0v) is 14.1. The Morgan fingerprint density at radius 3 is 2.73 bits per heavy atom. The van der Waals surface area contributed by atoms with Crippen molar-refractivity contribution in [3.63, 3.8) is 0 Å². The summed E-state index contributed by atoms with van der Waals surface area (Å²) in [6, 6.07) is 10.8. The number of ether oxygens (including phenoxy) is 1. The molecule has 3 rings (SSSR count). The van der Waals surface area contributed by atoms with Crippen LogP contribution in [0.25, 0.3) is 0 Å². The van der Waals surface area contributed by atoms with Crippen molar-refractivity contribution >= 4 is 0 Å². The van der Waals surface area contributed by atoms with E-state index in [0.717, 1.165) is 24.9 Å². The summed E-state index contributed by atoms with van der Waals surface area (Å²) in [5.41, 5.74) is 4.36. The summed E-state index contributed by atoms with van der Waals surface area (Å²) in [6.45, 7) is 7.67. The van der Waals surface area contributed by atoms with Crippen molar-refractivity contribution in [3.8, 4) is 0 Å². The molecule has 1 aromatic carbocycles. The van der Waals surface area contributed by atoms with Gasteiger partial charge in [-0.15, -0.1) is 0 Å². The first-order chi connectivity index (χ1) is 10.6. The van der Waals surface area contributed by atoms with Crippen LogP contribution < -0.4 is 0 Å². The predicted octanol–water partition coefficient (Wildman–Crippen LogP) is 5.70. The highest BCUT2D eigenvalue weighted by molar-refractivity contribution is 5.25. The quantitative estimate of drug-likeness (QED) is 0.650. The van der Waals surface area contributed by atoms with E-state index in [1.165, 1.54) is 24.0 Å². The van der Waals surface area contributed by atoms with Crippen LogP contribution in [-0.2, 0) is 4.74 Å². The molecule has 0 amide bonds. The van der Waals surface area contributed by atoms with Gasteiger partial charge in [-0.25, -0.2) is 0 Å². The second kappa shape index (κ2) is 6.83. The van der Waals surface area contributed by atoms with E-state index in [2.05, 4.69) is 63.3 Å². The molecule has 2 bridgehead atoms. The van der Waals surface area contributed by atoms with Gasteiger partial charge in [-0.05, 0) is 50.5 Å². The molecule has 4 atom stereocenters. The average molecular weight is 296 g/mol. The molecular formula is C21H28O. The molecule has 0 spiro atoms. The molecule has 0 radical (unpaired) electrons. The predicted molar refractivity (Wildman–Crippen MR) is 92.6 cm³/mol. The van der Waals surface area contributed by atoms with Crippen LogP contribution in [0.5, 0.6) is 0 Å². The zero-order valence-electron chi connectivity index (χ0n) is 14.1. The van der Waals surface area contributed by atoms with Crippen LogP contribution in [-0.4, -0.2) is 6.61 Å². The molecule has 0 aromatic heterocycles. The van der Waals surface area contributed by atoms with E-state index in [4.69, 9.17) is 4.74 Å². The standard InChI is InChI=1S/C21H28O/c1-15(2)8-7-11-18-12-16(3)19-13-20(18)21(22-14-19)17-9-5-4-6-10-17/h4-6,8-11,16,19-21H,7,12-14H2,1-3H3/b18-11-/t16?,19-,20-,21?/m0/s1. The van der Waals surface area contributed by atoms with Crippen molar-refractivity contribution < 1.29 is 4.74 Å². The third-order valence-corrected chi connectivity index (χ3v) is 5.28. The Morgan fingerprint density at radius 1 is 1.23 bits per heavy atom. The Balaban J connectivity index is 1.84. The second-order valence-corrected chi connectivity index (χ2v) is 7.24. The van der Waals surface area contributed by atoms with E-state index in [0.29, 0.717) is 5.92 Å². The van der Waals surface area contributed by atoms with E-state index in [1.54, 1.807) is 5.57 Å². The minimum Gasteiger partial charge on any atom is -0.373 e. The SMILES string of the molecule is CC(C)=CC/C=C1/CC(C)[C@@H]2COC(c3ccccc3)[C@H]1C2. The molecule has 2 unspecified atom stereocenters. The molecule has 0 N–H and O–H groups in total. The molecule has 1 heteroatoms. The lowest BCUT2D eigenvalue weighted by molar-refractivity contribution is -0.0746. The molecule has 1 saturated carbocycles. The van der Waals surface area contributed by atoms with Crippen molar-refractivity contribution in [2.45, 2.75) is 46.1 Å². The topological polar surface area (TPSA) is 9.23 Å². The van der Waals surface area contributed by atoms with Crippen molar-refractivity contribution in [2.75, 3.05) is 6.61 Å². The largest absolute Gasteiger partial charge is 0.373 e. The Morgan fingerprint density at radius 2 is 2.00 bits per heavy atom. The van der Waals surface area contributed by atoms with Crippen LogP contribution >= 0.6 is 0 Å². The first kappa shape index (κ1) is 15.6. The number of fused-ring (bicyclic) bond motifs is 2. The molecule has 1 saturated heterocycles. The van der Waals surface area contributed by atoms with Gasteiger partial charge in [-0.1, -0.05) is 60.6 Å². The third-order valence-electron chi connectivity index (χ3n) is 5.28. The maximum atomic E-state index is 6.30. The summed E-state index contributed by atoms with van der Waals surface area (Å²) in [7, 11) is 0. The fourth-order valence-corrected chi connectivity index (χ4v) is 3.95.